The van der Waals surface area contributed by atoms with Gasteiger partial charge in [0.1, 0.15) is 0 Å². The summed E-state index contributed by atoms with van der Waals surface area (Å²) in [5.41, 5.74) is 19.7. The minimum Gasteiger partial charge on any atom is -0.310 e. The van der Waals surface area contributed by atoms with Crippen LogP contribution in [-0.4, -0.2) is 9.97 Å². The molecule has 0 atom stereocenters. The van der Waals surface area contributed by atoms with Crippen LogP contribution in [0.15, 0.2) is 224 Å². The predicted molar refractivity (Wildman–Crippen MR) is 247 cm³/mol. The molecule has 0 saturated heterocycles. The normalized spacial score (nSPS) is 13.1. The van der Waals surface area contributed by atoms with Crippen LogP contribution < -0.4 is 4.90 Å². The van der Waals surface area contributed by atoms with Gasteiger partial charge in [-0.25, -0.2) is 9.97 Å². The quantitative estimate of drug-likeness (QED) is 0.175. The zero-order chi connectivity index (χ0) is 39.6. The lowest BCUT2D eigenvalue weighted by atomic mass is 9.64. The Balaban J connectivity index is 1.11. The van der Waals surface area contributed by atoms with E-state index in [4.69, 9.17) is 9.97 Å². The number of benzene rings is 8. The molecule has 0 radical (unpaired) electrons. The van der Waals surface area contributed by atoms with E-state index >= 15 is 0 Å². The Bertz CT molecular complexity index is 3160. The zero-order valence-electron chi connectivity index (χ0n) is 32.7. The molecule has 1 aliphatic heterocycles. The van der Waals surface area contributed by atoms with Crippen molar-refractivity contribution in [3.63, 3.8) is 0 Å². The fourth-order valence-corrected chi connectivity index (χ4v) is 9.95. The molecule has 0 N–H and O–H groups in total. The third-order valence-electron chi connectivity index (χ3n) is 12.4. The molecule has 8 aromatic carbocycles. The number of aromatic nitrogens is 2. The molecular formula is C57H37N3. The summed E-state index contributed by atoms with van der Waals surface area (Å²) in [6, 6.07) is 80.9. The van der Waals surface area contributed by atoms with E-state index in [2.05, 4.69) is 229 Å². The molecule has 1 spiro atoms. The average Bonchev–Trinajstić information content (AvgIpc) is 3.64. The zero-order valence-corrected chi connectivity index (χ0v) is 32.7. The van der Waals surface area contributed by atoms with Gasteiger partial charge in [0.15, 0.2) is 0 Å². The van der Waals surface area contributed by atoms with Gasteiger partial charge < -0.3 is 4.90 Å². The monoisotopic (exact) mass is 763 g/mol. The number of anilines is 3. The molecule has 2 aromatic heterocycles. The van der Waals surface area contributed by atoms with Gasteiger partial charge in [-0.05, 0) is 81.4 Å². The van der Waals surface area contributed by atoms with Gasteiger partial charge in [-0.3, -0.25) is 0 Å². The summed E-state index contributed by atoms with van der Waals surface area (Å²) in [7, 11) is 0. The summed E-state index contributed by atoms with van der Waals surface area (Å²) < 4.78 is 0. The molecule has 280 valence electrons. The van der Waals surface area contributed by atoms with Crippen molar-refractivity contribution in [1.82, 2.24) is 9.97 Å². The molecule has 0 amide bonds. The Morgan fingerprint density at radius 3 is 1.60 bits per heavy atom. The largest absolute Gasteiger partial charge is 0.310 e. The number of para-hydroxylation sites is 3. The van der Waals surface area contributed by atoms with Gasteiger partial charge in [0, 0.05) is 33.3 Å². The minimum atomic E-state index is -0.616. The van der Waals surface area contributed by atoms with Crippen LogP contribution in [-0.2, 0) is 5.41 Å². The Kier molecular flexibility index (Phi) is 7.76. The topological polar surface area (TPSA) is 29.0 Å². The number of hydrogen-bond donors (Lipinski definition) is 0. The average molecular weight is 764 g/mol. The van der Waals surface area contributed by atoms with Crippen molar-refractivity contribution < 1.29 is 0 Å². The molecule has 0 bridgehead atoms. The Morgan fingerprint density at radius 2 is 0.900 bits per heavy atom. The Morgan fingerprint density at radius 1 is 0.367 bits per heavy atom. The number of nitrogens with zero attached hydrogens (tertiary/aromatic N) is 3. The number of pyridine rings is 2. The lowest BCUT2D eigenvalue weighted by molar-refractivity contribution is 0.758. The predicted octanol–water partition coefficient (Wildman–Crippen LogP) is 14.4. The fourth-order valence-electron chi connectivity index (χ4n) is 9.95. The third kappa shape index (κ3) is 5.09. The van der Waals surface area contributed by atoms with E-state index < -0.39 is 5.41 Å². The van der Waals surface area contributed by atoms with E-state index in [0.717, 1.165) is 67.5 Å². The second kappa shape index (κ2) is 13.6. The van der Waals surface area contributed by atoms with Crippen molar-refractivity contribution in [2.75, 3.05) is 4.90 Å². The first kappa shape index (κ1) is 34.2. The molecule has 0 unspecified atom stereocenters. The maximum atomic E-state index is 5.44. The van der Waals surface area contributed by atoms with Crippen LogP contribution in [0, 0.1) is 0 Å². The van der Waals surface area contributed by atoms with Crippen molar-refractivity contribution in [2.24, 2.45) is 0 Å². The highest BCUT2D eigenvalue weighted by molar-refractivity contribution is 6.06. The minimum absolute atomic E-state index is 0.616. The molecular weight excluding hydrogens is 727 g/mol. The van der Waals surface area contributed by atoms with Gasteiger partial charge >= 0.3 is 0 Å². The molecule has 12 rings (SSSR count). The summed E-state index contributed by atoms with van der Waals surface area (Å²) in [6.45, 7) is 0. The van der Waals surface area contributed by atoms with Crippen molar-refractivity contribution in [3.05, 3.63) is 247 Å². The van der Waals surface area contributed by atoms with Crippen LogP contribution in [0.3, 0.4) is 0 Å². The number of rotatable bonds is 5. The van der Waals surface area contributed by atoms with Gasteiger partial charge in [-0.15, -0.1) is 0 Å². The number of fused-ring (bicyclic) bond motifs is 11. The van der Waals surface area contributed by atoms with Crippen molar-refractivity contribution in [2.45, 2.75) is 5.41 Å². The first-order valence-corrected chi connectivity index (χ1v) is 20.6. The fraction of sp³-hybridized carbons (Fsp3) is 0.0175. The lowest BCUT2D eigenvalue weighted by Crippen LogP contribution is -2.36. The van der Waals surface area contributed by atoms with Crippen LogP contribution in [0.2, 0.25) is 0 Å². The first-order chi connectivity index (χ1) is 29.8. The van der Waals surface area contributed by atoms with Gasteiger partial charge in [0.2, 0.25) is 0 Å². The third-order valence-corrected chi connectivity index (χ3v) is 12.4. The summed E-state index contributed by atoms with van der Waals surface area (Å²) >= 11 is 0. The number of hydrogen-bond acceptors (Lipinski definition) is 3. The molecule has 0 fully saturated rings. The first-order valence-electron chi connectivity index (χ1n) is 20.6. The van der Waals surface area contributed by atoms with Crippen molar-refractivity contribution in [1.29, 1.82) is 0 Å². The highest BCUT2D eigenvalue weighted by atomic mass is 15.2. The van der Waals surface area contributed by atoms with Crippen LogP contribution >= 0.6 is 0 Å². The highest BCUT2D eigenvalue weighted by Gasteiger charge is 2.53. The van der Waals surface area contributed by atoms with E-state index in [-0.39, 0.29) is 0 Å². The summed E-state index contributed by atoms with van der Waals surface area (Å²) in [4.78, 5) is 13.2. The van der Waals surface area contributed by atoms with Gasteiger partial charge in [0.05, 0.1) is 39.4 Å². The van der Waals surface area contributed by atoms with Gasteiger partial charge in [0.25, 0.3) is 0 Å². The van der Waals surface area contributed by atoms with E-state index in [1.54, 1.807) is 0 Å². The van der Waals surface area contributed by atoms with Crippen LogP contribution in [0.25, 0.3) is 66.9 Å². The second-order valence-electron chi connectivity index (χ2n) is 15.7. The Hall–Kier alpha value is -7.88. The van der Waals surface area contributed by atoms with Crippen LogP contribution in [0.1, 0.15) is 22.3 Å². The van der Waals surface area contributed by atoms with Crippen LogP contribution in [0.5, 0.6) is 0 Å². The molecule has 60 heavy (non-hydrogen) atoms. The molecule has 0 saturated carbocycles. The molecule has 2 aliphatic rings. The molecule has 10 aromatic rings. The summed E-state index contributed by atoms with van der Waals surface area (Å²) in [6.07, 6.45) is 0. The summed E-state index contributed by atoms with van der Waals surface area (Å²) in [5.74, 6) is 0. The lowest BCUT2D eigenvalue weighted by Gasteiger charge is -2.45. The van der Waals surface area contributed by atoms with E-state index in [1.807, 2.05) is 0 Å². The van der Waals surface area contributed by atoms with E-state index in [0.29, 0.717) is 0 Å². The van der Waals surface area contributed by atoms with Crippen molar-refractivity contribution in [3.8, 4) is 56.0 Å². The smallest absolute Gasteiger partial charge is 0.0791 e. The van der Waals surface area contributed by atoms with E-state index in [9.17, 15) is 0 Å². The van der Waals surface area contributed by atoms with Crippen LogP contribution in [0.4, 0.5) is 17.1 Å². The Labute approximate surface area is 349 Å². The highest BCUT2D eigenvalue weighted by Crippen LogP contribution is 2.65. The molecule has 1 aliphatic carbocycles. The van der Waals surface area contributed by atoms with E-state index in [1.165, 1.54) is 38.8 Å². The van der Waals surface area contributed by atoms with Gasteiger partial charge in [-0.2, -0.15) is 0 Å². The molecule has 3 nitrogen and oxygen atoms in total. The van der Waals surface area contributed by atoms with Gasteiger partial charge in [-0.1, -0.05) is 182 Å². The molecule has 3 heterocycles. The van der Waals surface area contributed by atoms with Crippen molar-refractivity contribution >= 4 is 28.0 Å². The SMILES string of the molecule is c1ccc(-c2cc(-c3ccccc3)nc(-c3cccc(N4c5ccccc5C5(c6ccccc6-c6c(-c7ccccc7)nc7ccccc7c65)c5ccccc54)c3)c2)cc1. The maximum Gasteiger partial charge on any atom is 0.0791 e. The summed E-state index contributed by atoms with van der Waals surface area (Å²) in [5, 5.41) is 1.17. The molecule has 3 heteroatoms. The second-order valence-corrected chi connectivity index (χ2v) is 15.7. The standard InChI is InChI=1S/C57H37N3/c1-4-19-38(20-5-1)42-36-50(39-21-6-2-7-22-39)58-51(37-42)41-25-18-26-43(35-41)60-52-33-16-13-30-47(52)57(48-31-14-17-34-53(48)60)46-29-12-10-27-44(46)54-55(57)45-28-11-15-32-49(45)59-56(54)40-23-8-3-9-24-40/h1-37H. The maximum absolute atomic E-state index is 5.44.